The van der Waals surface area contributed by atoms with E-state index in [9.17, 15) is 29.0 Å². The molecule has 170 valence electrons. The van der Waals surface area contributed by atoms with Gasteiger partial charge in [-0.1, -0.05) is 12.1 Å². The van der Waals surface area contributed by atoms with Crippen molar-refractivity contribution in [2.45, 2.75) is 38.0 Å². The molecule has 1 aromatic heterocycles. The fourth-order valence-corrected chi connectivity index (χ4v) is 4.11. The second-order valence-electron chi connectivity index (χ2n) is 7.86. The van der Waals surface area contributed by atoms with Crippen molar-refractivity contribution in [1.82, 2.24) is 19.8 Å². The van der Waals surface area contributed by atoms with Gasteiger partial charge < -0.3 is 25.2 Å². The van der Waals surface area contributed by atoms with Gasteiger partial charge in [0.15, 0.2) is 5.69 Å². The summed E-state index contributed by atoms with van der Waals surface area (Å²) in [5.74, 6) is -1.70. The zero-order valence-electron chi connectivity index (χ0n) is 17.2. The third-order valence-electron chi connectivity index (χ3n) is 5.88. The summed E-state index contributed by atoms with van der Waals surface area (Å²) in [5.41, 5.74) is -1.56. The van der Waals surface area contributed by atoms with Crippen molar-refractivity contribution < 1.29 is 28.9 Å². The van der Waals surface area contributed by atoms with Gasteiger partial charge in [-0.15, -0.1) is 0 Å². The molecule has 0 saturated carbocycles. The summed E-state index contributed by atoms with van der Waals surface area (Å²) in [7, 11) is 0. The van der Waals surface area contributed by atoms with Crippen LogP contribution in [0.4, 0.5) is 9.18 Å². The summed E-state index contributed by atoms with van der Waals surface area (Å²) in [6.07, 6.45) is 0.0138. The Bertz CT molecular complexity index is 1090. The molecular formula is C21H23FN4O6. The highest BCUT2D eigenvalue weighted by molar-refractivity contribution is 5.94. The average molecular weight is 446 g/mol. The fourth-order valence-electron chi connectivity index (χ4n) is 4.11. The van der Waals surface area contributed by atoms with E-state index in [1.807, 2.05) is 0 Å². The maximum Gasteiger partial charge on any atom is 0.407 e. The topological polar surface area (TPSA) is 134 Å². The number of nitrogens with one attached hydrogen (secondary N) is 1. The van der Waals surface area contributed by atoms with E-state index in [4.69, 9.17) is 4.74 Å². The Labute approximate surface area is 182 Å². The SMILES string of the molecule is O=C(NCc1ccc(F)cc1)c1nc2n(c(=O)c1O)CCCOC21CCN(C(=O)O)CC1. The molecule has 32 heavy (non-hydrogen) atoms. The predicted molar refractivity (Wildman–Crippen MR) is 109 cm³/mol. The van der Waals surface area contributed by atoms with Gasteiger partial charge in [-0.25, -0.2) is 14.2 Å². The molecule has 2 aliphatic heterocycles. The number of rotatable bonds is 3. The minimum Gasteiger partial charge on any atom is -0.501 e. The number of nitrogens with zero attached hydrogens (tertiary/aromatic N) is 3. The van der Waals surface area contributed by atoms with Gasteiger partial charge >= 0.3 is 6.09 Å². The van der Waals surface area contributed by atoms with Crippen LogP contribution in [0.25, 0.3) is 0 Å². The summed E-state index contributed by atoms with van der Waals surface area (Å²) in [4.78, 5) is 42.6. The van der Waals surface area contributed by atoms with Gasteiger partial charge in [-0.3, -0.25) is 14.2 Å². The van der Waals surface area contributed by atoms with Gasteiger partial charge in [0.2, 0.25) is 5.75 Å². The molecule has 1 saturated heterocycles. The molecule has 0 unspecified atom stereocenters. The number of amides is 2. The molecule has 0 aliphatic carbocycles. The molecule has 1 fully saturated rings. The lowest BCUT2D eigenvalue weighted by atomic mass is 9.89. The van der Waals surface area contributed by atoms with Crippen molar-refractivity contribution in [1.29, 1.82) is 0 Å². The molecule has 4 rings (SSSR count). The molecule has 0 atom stereocenters. The number of carbonyl (C=O) groups excluding carboxylic acids is 1. The van der Waals surface area contributed by atoms with Gasteiger partial charge in [-0.2, -0.15) is 0 Å². The van der Waals surface area contributed by atoms with E-state index in [-0.39, 0.29) is 44.8 Å². The number of aromatic hydroxyl groups is 1. The van der Waals surface area contributed by atoms with Crippen LogP contribution in [0.2, 0.25) is 0 Å². The lowest BCUT2D eigenvalue weighted by Gasteiger charge is -2.39. The minimum atomic E-state index is -1.04. The zero-order chi connectivity index (χ0) is 22.9. The molecule has 2 aliphatic rings. The highest BCUT2D eigenvalue weighted by Gasteiger charge is 2.44. The molecule has 2 aromatic rings. The number of benzene rings is 1. The van der Waals surface area contributed by atoms with Crippen LogP contribution in [0, 0.1) is 5.82 Å². The number of fused-ring (bicyclic) bond motifs is 2. The third kappa shape index (κ3) is 4.03. The first-order valence-electron chi connectivity index (χ1n) is 10.3. The van der Waals surface area contributed by atoms with Crippen molar-refractivity contribution in [3.8, 4) is 5.75 Å². The quantitative estimate of drug-likeness (QED) is 0.649. The minimum absolute atomic E-state index is 0.0495. The zero-order valence-corrected chi connectivity index (χ0v) is 17.2. The Kier molecular flexibility index (Phi) is 5.83. The number of carbonyl (C=O) groups is 2. The Morgan fingerprint density at radius 1 is 1.19 bits per heavy atom. The summed E-state index contributed by atoms with van der Waals surface area (Å²) in [5, 5.41) is 22.2. The van der Waals surface area contributed by atoms with Gasteiger partial charge in [0.1, 0.15) is 17.2 Å². The maximum absolute atomic E-state index is 13.1. The second kappa shape index (κ2) is 8.58. The monoisotopic (exact) mass is 446 g/mol. The van der Waals surface area contributed by atoms with Crippen LogP contribution in [-0.4, -0.2) is 56.4 Å². The number of hydrogen-bond donors (Lipinski definition) is 3. The molecule has 2 amide bonds. The largest absolute Gasteiger partial charge is 0.501 e. The standard InChI is InChI=1S/C21H23FN4O6/c22-14-4-2-13(3-5-14)12-23-17(28)15-16(27)18(29)26-8-1-11-32-21(19(26)24-15)6-9-25(10-7-21)20(30)31/h2-5,27H,1,6-12H2,(H,23,28)(H,30,31). The van der Waals surface area contributed by atoms with Crippen LogP contribution >= 0.6 is 0 Å². The molecule has 0 bridgehead atoms. The molecule has 1 spiro atoms. The lowest BCUT2D eigenvalue weighted by molar-refractivity contribution is -0.0880. The Balaban J connectivity index is 1.65. The molecule has 3 heterocycles. The summed E-state index contributed by atoms with van der Waals surface area (Å²) >= 11 is 0. The smallest absolute Gasteiger partial charge is 0.407 e. The Hall–Kier alpha value is -3.47. The second-order valence-corrected chi connectivity index (χ2v) is 7.86. The van der Waals surface area contributed by atoms with Crippen molar-refractivity contribution in [2.75, 3.05) is 19.7 Å². The van der Waals surface area contributed by atoms with Gasteiger partial charge in [-0.05, 0) is 24.1 Å². The third-order valence-corrected chi connectivity index (χ3v) is 5.88. The predicted octanol–water partition coefficient (Wildman–Crippen LogP) is 1.41. The molecule has 0 radical (unpaired) electrons. The van der Waals surface area contributed by atoms with Gasteiger partial charge in [0.05, 0.1) is 0 Å². The van der Waals surface area contributed by atoms with E-state index in [0.717, 1.165) is 0 Å². The number of ether oxygens (including phenoxy) is 1. The molecular weight excluding hydrogens is 423 g/mol. The Morgan fingerprint density at radius 3 is 2.53 bits per heavy atom. The highest BCUT2D eigenvalue weighted by Crippen LogP contribution is 2.37. The van der Waals surface area contributed by atoms with Crippen molar-refractivity contribution in [3.63, 3.8) is 0 Å². The normalized spacial score (nSPS) is 17.5. The number of carboxylic acid groups (broad SMARTS) is 1. The lowest BCUT2D eigenvalue weighted by Crippen LogP contribution is -2.48. The first-order valence-corrected chi connectivity index (χ1v) is 10.3. The number of halogens is 1. The number of aromatic nitrogens is 2. The summed E-state index contributed by atoms with van der Waals surface area (Å²) < 4.78 is 20.4. The first kappa shape index (κ1) is 21.8. The molecule has 3 N–H and O–H groups in total. The van der Waals surface area contributed by atoms with Crippen LogP contribution in [0.3, 0.4) is 0 Å². The van der Waals surface area contributed by atoms with Crippen LogP contribution in [0.5, 0.6) is 5.75 Å². The fraction of sp³-hybridized carbons (Fsp3) is 0.429. The number of piperidine rings is 1. The van der Waals surface area contributed by atoms with Crippen LogP contribution in [0.15, 0.2) is 29.1 Å². The van der Waals surface area contributed by atoms with E-state index < -0.39 is 40.4 Å². The van der Waals surface area contributed by atoms with E-state index >= 15 is 0 Å². The van der Waals surface area contributed by atoms with Crippen molar-refractivity contribution in [3.05, 3.63) is 57.5 Å². The van der Waals surface area contributed by atoms with Crippen LogP contribution in [0.1, 0.15) is 41.1 Å². The summed E-state index contributed by atoms with van der Waals surface area (Å²) in [6.45, 7) is 1.03. The van der Waals surface area contributed by atoms with E-state index in [2.05, 4.69) is 10.3 Å². The van der Waals surface area contributed by atoms with E-state index in [1.54, 1.807) is 0 Å². The molecule has 11 heteroatoms. The number of hydrogen-bond acceptors (Lipinski definition) is 6. The molecule has 1 aromatic carbocycles. The molecule has 10 nitrogen and oxygen atoms in total. The van der Waals surface area contributed by atoms with E-state index in [1.165, 1.54) is 33.7 Å². The number of likely N-dealkylation sites (tertiary alicyclic amines) is 1. The Morgan fingerprint density at radius 2 is 1.88 bits per heavy atom. The maximum atomic E-state index is 13.1. The van der Waals surface area contributed by atoms with Gasteiger partial charge in [0.25, 0.3) is 11.5 Å². The van der Waals surface area contributed by atoms with Crippen LogP contribution in [-0.2, 0) is 23.4 Å². The average Bonchev–Trinajstić information content (AvgIpc) is 2.95. The summed E-state index contributed by atoms with van der Waals surface area (Å²) in [6, 6.07) is 5.54. The highest BCUT2D eigenvalue weighted by atomic mass is 19.1. The van der Waals surface area contributed by atoms with Gasteiger partial charge in [0, 0.05) is 45.6 Å². The first-order chi connectivity index (χ1) is 15.3. The van der Waals surface area contributed by atoms with Crippen LogP contribution < -0.4 is 10.9 Å². The van der Waals surface area contributed by atoms with E-state index in [0.29, 0.717) is 18.6 Å². The van der Waals surface area contributed by atoms with Crippen molar-refractivity contribution >= 4 is 12.0 Å². The van der Waals surface area contributed by atoms with Crippen molar-refractivity contribution in [2.24, 2.45) is 0 Å².